The van der Waals surface area contributed by atoms with E-state index in [1.165, 1.54) is 16.9 Å². The van der Waals surface area contributed by atoms with Crippen molar-refractivity contribution in [2.75, 3.05) is 5.43 Å². The Morgan fingerprint density at radius 3 is 2.26 bits per heavy atom. The number of rotatable bonds is 6. The van der Waals surface area contributed by atoms with Gasteiger partial charge in [-0.05, 0) is 55.8 Å². The van der Waals surface area contributed by atoms with Gasteiger partial charge in [-0.2, -0.15) is 5.10 Å². The van der Waals surface area contributed by atoms with Crippen LogP contribution >= 0.6 is 11.3 Å². The van der Waals surface area contributed by atoms with Gasteiger partial charge in [-0.1, -0.05) is 47.5 Å². The molecule has 6 heteroatoms. The number of anilines is 1. The molecule has 31 heavy (non-hydrogen) atoms. The van der Waals surface area contributed by atoms with Crippen molar-refractivity contribution in [3.8, 4) is 17.0 Å². The van der Waals surface area contributed by atoms with E-state index in [4.69, 9.17) is 4.74 Å². The van der Waals surface area contributed by atoms with Gasteiger partial charge in [0.25, 0.3) is 0 Å². The molecule has 5 nitrogen and oxygen atoms in total. The van der Waals surface area contributed by atoms with Crippen LogP contribution in [0.2, 0.25) is 0 Å². The predicted octanol–water partition coefficient (Wildman–Crippen LogP) is 6.09. The molecule has 0 atom stereocenters. The lowest BCUT2D eigenvalue weighted by atomic mass is 10.1. The van der Waals surface area contributed by atoms with Crippen LogP contribution in [0.3, 0.4) is 0 Å². The average Bonchev–Trinajstić information content (AvgIpc) is 3.25. The summed E-state index contributed by atoms with van der Waals surface area (Å²) in [5.74, 6) is 0.106. The molecule has 0 spiro atoms. The molecule has 3 aromatic carbocycles. The molecule has 4 aromatic rings. The van der Waals surface area contributed by atoms with Gasteiger partial charge in [-0.25, -0.2) is 9.78 Å². The molecule has 154 valence electrons. The summed E-state index contributed by atoms with van der Waals surface area (Å²) in [5, 5.41) is 6.96. The fourth-order valence-corrected chi connectivity index (χ4v) is 3.49. The SMILES string of the molecule is Cc1ccc(C(=O)Oc2ccc(/C=N\Nc3nc(-c4ccc(C)cc4)cs3)cc2)cc1. The molecule has 1 N–H and O–H groups in total. The van der Waals surface area contributed by atoms with Crippen molar-refractivity contribution in [1.82, 2.24) is 4.98 Å². The maximum absolute atomic E-state index is 12.2. The molecule has 0 fully saturated rings. The second-order valence-corrected chi connectivity index (χ2v) is 7.96. The third-order valence-corrected chi connectivity index (χ3v) is 5.35. The fraction of sp³-hybridized carbons (Fsp3) is 0.0800. The minimum absolute atomic E-state index is 0.378. The third kappa shape index (κ3) is 5.43. The van der Waals surface area contributed by atoms with Crippen molar-refractivity contribution in [1.29, 1.82) is 0 Å². The van der Waals surface area contributed by atoms with E-state index in [9.17, 15) is 4.79 Å². The molecule has 0 amide bonds. The molecule has 0 radical (unpaired) electrons. The Bertz CT molecular complexity index is 1200. The smallest absolute Gasteiger partial charge is 0.343 e. The maximum atomic E-state index is 12.2. The van der Waals surface area contributed by atoms with Gasteiger partial charge in [0.1, 0.15) is 5.75 Å². The molecule has 0 aliphatic rings. The van der Waals surface area contributed by atoms with Gasteiger partial charge >= 0.3 is 5.97 Å². The van der Waals surface area contributed by atoms with Crippen molar-refractivity contribution in [3.05, 3.63) is 100 Å². The summed E-state index contributed by atoms with van der Waals surface area (Å²) < 4.78 is 5.41. The van der Waals surface area contributed by atoms with Crippen LogP contribution in [0.4, 0.5) is 5.13 Å². The summed E-state index contributed by atoms with van der Waals surface area (Å²) in [5.41, 5.74) is 8.67. The van der Waals surface area contributed by atoms with E-state index in [0.717, 1.165) is 27.5 Å². The molecule has 1 heterocycles. The molecule has 0 aliphatic carbocycles. The quantitative estimate of drug-likeness (QED) is 0.175. The van der Waals surface area contributed by atoms with E-state index < -0.39 is 0 Å². The van der Waals surface area contributed by atoms with E-state index in [1.54, 1.807) is 30.5 Å². The minimum Gasteiger partial charge on any atom is -0.423 e. The fourth-order valence-electron chi connectivity index (χ4n) is 2.82. The van der Waals surface area contributed by atoms with Crippen LogP contribution in [0.15, 0.2) is 83.3 Å². The largest absolute Gasteiger partial charge is 0.423 e. The van der Waals surface area contributed by atoms with Crippen molar-refractivity contribution in [3.63, 3.8) is 0 Å². The molecule has 0 aliphatic heterocycles. The highest BCUT2D eigenvalue weighted by molar-refractivity contribution is 7.14. The number of nitrogens with one attached hydrogen (secondary N) is 1. The normalized spacial score (nSPS) is 10.9. The Morgan fingerprint density at radius 1 is 0.935 bits per heavy atom. The lowest BCUT2D eigenvalue weighted by Gasteiger charge is -2.05. The highest BCUT2D eigenvalue weighted by Crippen LogP contribution is 2.25. The summed E-state index contributed by atoms with van der Waals surface area (Å²) in [6, 6.07) is 22.7. The third-order valence-electron chi connectivity index (χ3n) is 4.60. The zero-order valence-electron chi connectivity index (χ0n) is 17.2. The molecule has 4 rings (SSSR count). The maximum Gasteiger partial charge on any atom is 0.343 e. The van der Waals surface area contributed by atoms with Gasteiger partial charge in [0, 0.05) is 10.9 Å². The van der Waals surface area contributed by atoms with Crippen molar-refractivity contribution < 1.29 is 9.53 Å². The zero-order chi connectivity index (χ0) is 21.6. The molecule has 1 aromatic heterocycles. The lowest BCUT2D eigenvalue weighted by molar-refractivity contribution is 0.0735. The van der Waals surface area contributed by atoms with Gasteiger partial charge in [-0.15, -0.1) is 11.3 Å². The number of benzene rings is 3. The number of carbonyl (C=O) groups excluding carboxylic acids is 1. The van der Waals surface area contributed by atoms with Gasteiger partial charge < -0.3 is 4.74 Å². The number of hydrazone groups is 1. The van der Waals surface area contributed by atoms with Gasteiger partial charge in [-0.3, -0.25) is 5.43 Å². The van der Waals surface area contributed by atoms with Crippen molar-refractivity contribution >= 4 is 28.7 Å². The first kappa shape index (κ1) is 20.5. The number of thiazole rings is 1. The molecular formula is C25H21N3O2S. The second kappa shape index (κ2) is 9.36. The Balaban J connectivity index is 1.33. The van der Waals surface area contributed by atoms with E-state index in [-0.39, 0.29) is 5.97 Å². The predicted molar refractivity (Wildman–Crippen MR) is 126 cm³/mol. The van der Waals surface area contributed by atoms with Crippen molar-refractivity contribution in [2.45, 2.75) is 13.8 Å². The number of aryl methyl sites for hydroxylation is 2. The number of esters is 1. The number of hydrogen-bond donors (Lipinski definition) is 1. The summed E-state index contributed by atoms with van der Waals surface area (Å²) in [6.45, 7) is 4.04. The van der Waals surface area contributed by atoms with E-state index in [0.29, 0.717) is 11.3 Å². The topological polar surface area (TPSA) is 63.6 Å². The standard InChI is InChI=1S/C25H21N3O2S/c1-17-3-9-20(10-4-17)23-16-31-25(27-23)28-26-15-19-7-13-22(14-8-19)30-24(29)21-11-5-18(2)6-12-21/h3-16H,1-2H3,(H,27,28)/b26-15-. The summed E-state index contributed by atoms with van der Waals surface area (Å²) >= 11 is 1.50. The molecule has 0 saturated heterocycles. The van der Waals surface area contributed by atoms with Gasteiger partial charge in [0.2, 0.25) is 5.13 Å². The Hall–Kier alpha value is -3.77. The first-order valence-electron chi connectivity index (χ1n) is 9.77. The minimum atomic E-state index is -0.378. The molecule has 0 bridgehead atoms. The summed E-state index contributed by atoms with van der Waals surface area (Å²) in [6.07, 6.45) is 1.69. The summed E-state index contributed by atoms with van der Waals surface area (Å²) in [7, 11) is 0. The Labute approximate surface area is 185 Å². The number of nitrogens with zero attached hydrogens (tertiary/aromatic N) is 2. The number of carbonyl (C=O) groups is 1. The monoisotopic (exact) mass is 427 g/mol. The highest BCUT2D eigenvalue weighted by atomic mass is 32.1. The van der Waals surface area contributed by atoms with E-state index >= 15 is 0 Å². The molecule has 0 unspecified atom stereocenters. The first-order chi connectivity index (χ1) is 15.1. The van der Waals surface area contributed by atoms with E-state index in [1.807, 2.05) is 36.6 Å². The second-order valence-electron chi connectivity index (χ2n) is 7.10. The molecular weight excluding hydrogens is 406 g/mol. The van der Waals surface area contributed by atoms with Crippen LogP contribution in [0, 0.1) is 13.8 Å². The van der Waals surface area contributed by atoms with Crippen molar-refractivity contribution in [2.24, 2.45) is 5.10 Å². The van der Waals surface area contributed by atoms with E-state index in [2.05, 4.69) is 46.7 Å². The lowest BCUT2D eigenvalue weighted by Crippen LogP contribution is -2.08. The average molecular weight is 428 g/mol. The van der Waals surface area contributed by atoms with Crippen LogP contribution in [0.5, 0.6) is 5.75 Å². The van der Waals surface area contributed by atoms with Crippen LogP contribution < -0.4 is 10.2 Å². The first-order valence-corrected chi connectivity index (χ1v) is 10.7. The zero-order valence-corrected chi connectivity index (χ0v) is 18.0. The van der Waals surface area contributed by atoms with Crippen LogP contribution in [-0.2, 0) is 0 Å². The van der Waals surface area contributed by atoms with Crippen LogP contribution in [-0.4, -0.2) is 17.2 Å². The number of aromatic nitrogens is 1. The van der Waals surface area contributed by atoms with Crippen LogP contribution in [0.1, 0.15) is 27.0 Å². The summed E-state index contributed by atoms with van der Waals surface area (Å²) in [4.78, 5) is 16.8. The van der Waals surface area contributed by atoms with Gasteiger partial charge in [0.05, 0.1) is 17.5 Å². The highest BCUT2D eigenvalue weighted by Gasteiger charge is 2.08. The molecule has 0 saturated carbocycles. The van der Waals surface area contributed by atoms with Gasteiger partial charge in [0.15, 0.2) is 0 Å². The number of ether oxygens (including phenoxy) is 1. The Kier molecular flexibility index (Phi) is 6.19. The van der Waals surface area contributed by atoms with Crippen LogP contribution in [0.25, 0.3) is 11.3 Å². The number of hydrogen-bond acceptors (Lipinski definition) is 6. The Morgan fingerprint density at radius 2 is 1.58 bits per heavy atom.